The van der Waals surface area contributed by atoms with Gasteiger partial charge in [0.1, 0.15) is 0 Å². The number of anilines is 1. The van der Waals surface area contributed by atoms with Gasteiger partial charge in [0.25, 0.3) is 0 Å². The van der Waals surface area contributed by atoms with E-state index >= 15 is 0 Å². The number of halogens is 3. The van der Waals surface area contributed by atoms with Crippen LogP contribution < -0.4 is 5.73 Å². The van der Waals surface area contributed by atoms with E-state index in [-0.39, 0.29) is 11.3 Å². The van der Waals surface area contributed by atoms with E-state index in [2.05, 4.69) is 4.74 Å². The maximum atomic E-state index is 12.3. The summed E-state index contributed by atoms with van der Waals surface area (Å²) in [5.74, 6) is -0.826. The molecule has 3 N–H and O–H groups in total. The lowest BCUT2D eigenvalue weighted by Crippen LogP contribution is -2.20. The van der Waals surface area contributed by atoms with Gasteiger partial charge in [-0.2, -0.15) is 13.2 Å². The van der Waals surface area contributed by atoms with E-state index in [4.69, 9.17) is 10.8 Å². The molecule has 0 bridgehead atoms. The molecule has 1 aromatic carbocycles. The molecule has 7 heteroatoms. The maximum Gasteiger partial charge on any atom is 0.418 e. The van der Waals surface area contributed by atoms with Gasteiger partial charge in [-0.05, 0) is 23.8 Å². The number of ether oxygens (including phenoxy) is 1. The van der Waals surface area contributed by atoms with Crippen LogP contribution in [0.2, 0.25) is 0 Å². The Morgan fingerprint density at radius 2 is 2.00 bits per heavy atom. The number of hydrogen-bond acceptors (Lipinski definition) is 4. The first-order valence-electron chi connectivity index (χ1n) is 4.49. The van der Waals surface area contributed by atoms with Crippen molar-refractivity contribution >= 4 is 11.7 Å². The number of carbonyl (C=O) groups is 1. The number of aliphatic hydroxyl groups excluding tert-OH is 1. The van der Waals surface area contributed by atoms with Gasteiger partial charge in [-0.1, -0.05) is 0 Å². The van der Waals surface area contributed by atoms with Crippen LogP contribution in [0.1, 0.15) is 22.0 Å². The van der Waals surface area contributed by atoms with Crippen molar-refractivity contribution in [1.82, 2.24) is 0 Å². The predicted octanol–water partition coefficient (Wildman–Crippen LogP) is 1.65. The molecule has 94 valence electrons. The van der Waals surface area contributed by atoms with E-state index < -0.39 is 23.8 Å². The van der Waals surface area contributed by atoms with Crippen molar-refractivity contribution in [2.24, 2.45) is 0 Å². The fraction of sp³-hybridized carbons (Fsp3) is 0.300. The minimum absolute atomic E-state index is 0.0637. The molecule has 4 nitrogen and oxygen atoms in total. The maximum absolute atomic E-state index is 12.3. The lowest BCUT2D eigenvalue weighted by molar-refractivity contribution is -0.206. The molecule has 0 fully saturated rings. The molecule has 0 heterocycles. The van der Waals surface area contributed by atoms with Crippen molar-refractivity contribution in [3.63, 3.8) is 0 Å². The lowest BCUT2D eigenvalue weighted by Gasteiger charge is -2.15. The number of rotatable bonds is 2. The van der Waals surface area contributed by atoms with Crippen LogP contribution in [-0.2, 0) is 4.74 Å². The summed E-state index contributed by atoms with van der Waals surface area (Å²) in [4.78, 5) is 11.1. The summed E-state index contributed by atoms with van der Waals surface area (Å²) in [6.07, 6.45) is -7.50. The highest BCUT2D eigenvalue weighted by molar-refractivity contribution is 5.90. The number of benzene rings is 1. The lowest BCUT2D eigenvalue weighted by atomic mass is 10.0. The third kappa shape index (κ3) is 3.10. The normalized spacial score (nSPS) is 13.2. The monoisotopic (exact) mass is 249 g/mol. The van der Waals surface area contributed by atoms with Gasteiger partial charge in [0.05, 0.1) is 12.7 Å². The molecular weight excluding hydrogens is 239 g/mol. The summed E-state index contributed by atoms with van der Waals surface area (Å²) < 4.78 is 41.2. The number of hydrogen-bond donors (Lipinski definition) is 2. The molecule has 0 amide bonds. The zero-order valence-electron chi connectivity index (χ0n) is 8.78. The Bertz CT molecular complexity index is 431. The van der Waals surface area contributed by atoms with Crippen LogP contribution in [-0.4, -0.2) is 24.4 Å². The number of nitrogen functional groups attached to an aromatic ring is 1. The summed E-state index contributed by atoms with van der Waals surface area (Å²) in [5, 5.41) is 9.03. The molecule has 1 aromatic rings. The molecule has 0 aromatic heterocycles. The van der Waals surface area contributed by atoms with E-state index in [1.165, 1.54) is 6.07 Å². The molecule has 17 heavy (non-hydrogen) atoms. The van der Waals surface area contributed by atoms with Crippen molar-refractivity contribution < 1.29 is 27.8 Å². The summed E-state index contributed by atoms with van der Waals surface area (Å²) in [7, 11) is 1.09. The van der Waals surface area contributed by atoms with Crippen LogP contribution in [0.3, 0.4) is 0 Å². The molecule has 1 unspecified atom stereocenters. The Hall–Kier alpha value is -1.76. The minimum Gasteiger partial charge on any atom is -0.465 e. The van der Waals surface area contributed by atoms with Gasteiger partial charge in [-0.25, -0.2) is 4.79 Å². The quantitative estimate of drug-likeness (QED) is 0.617. The third-order valence-electron chi connectivity index (χ3n) is 2.02. The van der Waals surface area contributed by atoms with Gasteiger partial charge in [-0.15, -0.1) is 0 Å². The summed E-state index contributed by atoms with van der Waals surface area (Å²) in [5.41, 5.74) is 4.63. The van der Waals surface area contributed by atoms with Crippen molar-refractivity contribution in [2.75, 3.05) is 12.8 Å². The Morgan fingerprint density at radius 1 is 1.41 bits per heavy atom. The van der Waals surface area contributed by atoms with Gasteiger partial charge < -0.3 is 15.6 Å². The second kappa shape index (κ2) is 4.62. The molecule has 0 spiro atoms. The van der Waals surface area contributed by atoms with E-state index in [0.29, 0.717) is 0 Å². The number of carbonyl (C=O) groups excluding carboxylic acids is 1. The SMILES string of the molecule is COC(=O)c1cc(N)cc(C(O)C(F)(F)F)c1. The number of esters is 1. The molecule has 0 radical (unpaired) electrons. The molecule has 1 atom stereocenters. The third-order valence-corrected chi connectivity index (χ3v) is 2.02. The fourth-order valence-corrected chi connectivity index (χ4v) is 1.26. The summed E-state index contributed by atoms with van der Waals surface area (Å²) in [6, 6.07) is 3.00. The number of aliphatic hydroxyl groups is 1. The van der Waals surface area contributed by atoms with Crippen molar-refractivity contribution in [2.45, 2.75) is 12.3 Å². The minimum atomic E-state index is -4.82. The molecule has 1 rings (SSSR count). The second-order valence-corrected chi connectivity index (χ2v) is 3.32. The standard InChI is InChI=1S/C10H10F3NO3/c1-17-9(16)6-2-5(3-7(14)4-6)8(15)10(11,12)13/h2-4,8,15H,14H2,1H3. The molecule has 0 aliphatic heterocycles. The van der Waals surface area contributed by atoms with E-state index in [9.17, 15) is 18.0 Å². The Morgan fingerprint density at radius 3 is 2.47 bits per heavy atom. The molecule has 0 aliphatic rings. The number of methoxy groups -OCH3 is 1. The summed E-state index contributed by atoms with van der Waals surface area (Å²) >= 11 is 0. The van der Waals surface area contributed by atoms with Crippen molar-refractivity contribution in [3.8, 4) is 0 Å². The van der Waals surface area contributed by atoms with Gasteiger partial charge in [0, 0.05) is 5.69 Å². The van der Waals surface area contributed by atoms with Crippen LogP contribution in [0, 0.1) is 0 Å². The topological polar surface area (TPSA) is 72.5 Å². The van der Waals surface area contributed by atoms with Crippen LogP contribution in [0.4, 0.5) is 18.9 Å². The Kier molecular flexibility index (Phi) is 3.62. The Balaban J connectivity index is 3.18. The van der Waals surface area contributed by atoms with Crippen LogP contribution in [0.15, 0.2) is 18.2 Å². The van der Waals surface area contributed by atoms with E-state index in [1.54, 1.807) is 0 Å². The fourth-order valence-electron chi connectivity index (χ4n) is 1.26. The smallest absolute Gasteiger partial charge is 0.418 e. The molecule has 0 aliphatic carbocycles. The highest BCUT2D eigenvalue weighted by Gasteiger charge is 2.39. The molecular formula is C10H10F3NO3. The zero-order chi connectivity index (χ0) is 13.2. The van der Waals surface area contributed by atoms with Gasteiger partial charge >= 0.3 is 12.1 Å². The van der Waals surface area contributed by atoms with Crippen molar-refractivity contribution in [3.05, 3.63) is 29.3 Å². The van der Waals surface area contributed by atoms with Gasteiger partial charge in [0.15, 0.2) is 6.10 Å². The summed E-state index contributed by atoms with van der Waals surface area (Å²) in [6.45, 7) is 0. The van der Waals surface area contributed by atoms with Crippen LogP contribution in [0.25, 0.3) is 0 Å². The van der Waals surface area contributed by atoms with E-state index in [1.807, 2.05) is 0 Å². The highest BCUT2D eigenvalue weighted by atomic mass is 19.4. The molecule has 0 saturated carbocycles. The highest BCUT2D eigenvalue weighted by Crippen LogP contribution is 2.33. The average molecular weight is 249 g/mol. The first-order chi connectivity index (χ1) is 7.75. The second-order valence-electron chi connectivity index (χ2n) is 3.32. The predicted molar refractivity (Wildman–Crippen MR) is 53.2 cm³/mol. The zero-order valence-corrected chi connectivity index (χ0v) is 8.78. The number of nitrogens with two attached hydrogens (primary N) is 1. The van der Waals surface area contributed by atoms with Crippen LogP contribution >= 0.6 is 0 Å². The van der Waals surface area contributed by atoms with E-state index in [0.717, 1.165) is 19.2 Å². The first-order valence-corrected chi connectivity index (χ1v) is 4.49. The largest absolute Gasteiger partial charge is 0.465 e. The van der Waals surface area contributed by atoms with Crippen molar-refractivity contribution in [1.29, 1.82) is 0 Å². The Labute approximate surface area is 94.8 Å². The average Bonchev–Trinajstić information content (AvgIpc) is 2.24. The first kappa shape index (κ1) is 13.3. The van der Waals surface area contributed by atoms with Gasteiger partial charge in [0.2, 0.25) is 0 Å². The van der Waals surface area contributed by atoms with Gasteiger partial charge in [-0.3, -0.25) is 0 Å². The number of alkyl halides is 3. The van der Waals surface area contributed by atoms with Crippen LogP contribution in [0.5, 0.6) is 0 Å². The molecule has 0 saturated heterocycles.